The highest BCUT2D eigenvalue weighted by Crippen LogP contribution is 2.26. The first-order chi connectivity index (χ1) is 11.3. The maximum absolute atomic E-state index is 10.8. The maximum Gasteiger partial charge on any atom is 0.309 e. The number of hydrogen-bond donors (Lipinski definition) is 1. The highest BCUT2D eigenvalue weighted by Gasteiger charge is 2.16. The molecule has 0 unspecified atom stereocenters. The van der Waals surface area contributed by atoms with Crippen LogP contribution in [0.15, 0.2) is 17.5 Å². The second kappa shape index (κ2) is 6.36. The number of benzene rings is 1. The zero-order valence-electron chi connectivity index (χ0n) is 14.3. The Morgan fingerprint density at radius 3 is 2.62 bits per heavy atom. The van der Waals surface area contributed by atoms with E-state index in [0.717, 1.165) is 21.9 Å². The average Bonchev–Trinajstić information content (AvgIpc) is 3.05. The van der Waals surface area contributed by atoms with Crippen LogP contribution in [0.5, 0.6) is 0 Å². The van der Waals surface area contributed by atoms with E-state index in [0.29, 0.717) is 18.2 Å². The standard InChI is InChI=1S/C18H21N3O2S/c1-10(2)18-20-14-5-11(3)12(4)6-15(14)21(18)8-16-19-13(9-24-16)7-17(22)23/h5-6,9-10H,7-8H2,1-4H3,(H,22,23). The topological polar surface area (TPSA) is 68.0 Å². The minimum atomic E-state index is -0.853. The van der Waals surface area contributed by atoms with Crippen LogP contribution in [0.2, 0.25) is 0 Å². The molecule has 0 atom stereocenters. The Hall–Kier alpha value is -2.21. The predicted octanol–water partition coefficient (Wildman–Crippen LogP) is 3.91. The molecule has 0 aliphatic heterocycles. The molecule has 0 amide bonds. The molecule has 0 radical (unpaired) electrons. The Balaban J connectivity index is 2.03. The number of aliphatic carboxylic acids is 1. The van der Waals surface area contributed by atoms with Crippen LogP contribution in [0, 0.1) is 13.8 Å². The second-order valence-corrected chi connectivity index (χ2v) is 7.38. The lowest BCUT2D eigenvalue weighted by molar-refractivity contribution is -0.136. The van der Waals surface area contributed by atoms with Crippen molar-refractivity contribution >= 4 is 28.3 Å². The third-order valence-electron chi connectivity index (χ3n) is 4.13. The number of nitrogens with zero attached hydrogens (tertiary/aromatic N) is 3. The summed E-state index contributed by atoms with van der Waals surface area (Å²) >= 11 is 1.50. The van der Waals surface area contributed by atoms with Crippen molar-refractivity contribution in [2.75, 3.05) is 0 Å². The molecule has 2 heterocycles. The Labute approximate surface area is 145 Å². The van der Waals surface area contributed by atoms with Crippen molar-refractivity contribution in [1.29, 1.82) is 0 Å². The molecule has 0 aliphatic carbocycles. The van der Waals surface area contributed by atoms with Crippen molar-refractivity contribution in [3.8, 4) is 0 Å². The Morgan fingerprint density at radius 2 is 1.96 bits per heavy atom. The fourth-order valence-electron chi connectivity index (χ4n) is 2.80. The van der Waals surface area contributed by atoms with Gasteiger partial charge < -0.3 is 9.67 Å². The van der Waals surface area contributed by atoms with Crippen molar-refractivity contribution in [3.63, 3.8) is 0 Å². The SMILES string of the molecule is Cc1cc2nc(C(C)C)n(Cc3nc(CC(=O)O)cs3)c2cc1C. The Morgan fingerprint density at radius 1 is 1.25 bits per heavy atom. The lowest BCUT2D eigenvalue weighted by atomic mass is 10.1. The number of carboxylic acid groups (broad SMARTS) is 1. The minimum absolute atomic E-state index is 0.0312. The van der Waals surface area contributed by atoms with Crippen molar-refractivity contribution in [1.82, 2.24) is 14.5 Å². The normalized spacial score (nSPS) is 11.5. The summed E-state index contributed by atoms with van der Waals surface area (Å²) in [6, 6.07) is 4.31. The van der Waals surface area contributed by atoms with E-state index < -0.39 is 5.97 Å². The van der Waals surface area contributed by atoms with E-state index in [1.54, 1.807) is 0 Å². The summed E-state index contributed by atoms with van der Waals surface area (Å²) in [4.78, 5) is 20.1. The summed E-state index contributed by atoms with van der Waals surface area (Å²) in [5, 5.41) is 11.6. The molecule has 3 aromatic rings. The zero-order valence-corrected chi connectivity index (χ0v) is 15.1. The van der Waals surface area contributed by atoms with Crippen LogP contribution in [-0.2, 0) is 17.8 Å². The van der Waals surface area contributed by atoms with Crippen LogP contribution in [0.3, 0.4) is 0 Å². The van der Waals surface area contributed by atoms with Gasteiger partial charge in [0.25, 0.3) is 0 Å². The molecule has 2 aromatic heterocycles. The monoisotopic (exact) mass is 343 g/mol. The lowest BCUT2D eigenvalue weighted by Crippen LogP contribution is -2.07. The smallest absolute Gasteiger partial charge is 0.309 e. The Bertz CT molecular complexity index is 909. The molecule has 1 N–H and O–H groups in total. The molecule has 0 fully saturated rings. The van der Waals surface area contributed by atoms with Gasteiger partial charge in [0.15, 0.2) is 0 Å². The van der Waals surface area contributed by atoms with E-state index in [2.05, 4.69) is 49.4 Å². The molecule has 1 aromatic carbocycles. The predicted molar refractivity (Wildman–Crippen MR) is 95.9 cm³/mol. The van der Waals surface area contributed by atoms with Crippen molar-refractivity contribution < 1.29 is 9.90 Å². The number of aromatic nitrogens is 3. The fraction of sp³-hybridized carbons (Fsp3) is 0.389. The van der Waals surface area contributed by atoms with E-state index in [1.165, 1.54) is 22.5 Å². The molecule has 3 rings (SSSR count). The fourth-order valence-corrected chi connectivity index (χ4v) is 3.58. The van der Waals surface area contributed by atoms with Crippen LogP contribution in [0.4, 0.5) is 0 Å². The van der Waals surface area contributed by atoms with Crippen LogP contribution in [-0.4, -0.2) is 25.6 Å². The number of fused-ring (bicyclic) bond motifs is 1. The van der Waals surface area contributed by atoms with E-state index >= 15 is 0 Å². The largest absolute Gasteiger partial charge is 0.481 e. The van der Waals surface area contributed by atoms with Crippen LogP contribution >= 0.6 is 11.3 Å². The van der Waals surface area contributed by atoms with Gasteiger partial charge in [0.05, 0.1) is 29.7 Å². The molecule has 0 bridgehead atoms. The number of aryl methyl sites for hydroxylation is 2. The van der Waals surface area contributed by atoms with E-state index in [4.69, 9.17) is 10.1 Å². The molecular formula is C18H21N3O2S. The molecule has 5 nitrogen and oxygen atoms in total. The number of thiazole rings is 1. The van der Waals surface area contributed by atoms with Crippen molar-refractivity contribution in [3.05, 3.63) is 45.2 Å². The number of carbonyl (C=O) groups is 1. The minimum Gasteiger partial charge on any atom is -0.481 e. The van der Waals surface area contributed by atoms with Gasteiger partial charge in [-0.05, 0) is 37.1 Å². The summed E-state index contributed by atoms with van der Waals surface area (Å²) in [7, 11) is 0. The van der Waals surface area contributed by atoms with Crippen molar-refractivity contribution in [2.45, 2.75) is 46.6 Å². The zero-order chi connectivity index (χ0) is 17.4. The third-order valence-corrected chi connectivity index (χ3v) is 5.02. The van der Waals surface area contributed by atoms with Gasteiger partial charge in [-0.2, -0.15) is 0 Å². The maximum atomic E-state index is 10.8. The second-order valence-electron chi connectivity index (χ2n) is 6.44. The van der Waals surface area contributed by atoms with Gasteiger partial charge in [0.2, 0.25) is 0 Å². The summed E-state index contributed by atoms with van der Waals surface area (Å²) in [5.41, 5.74) is 5.20. The van der Waals surface area contributed by atoms with Crippen LogP contribution in [0.1, 0.15) is 47.4 Å². The van der Waals surface area contributed by atoms with E-state index in [-0.39, 0.29) is 6.42 Å². The van der Waals surface area contributed by atoms with Gasteiger partial charge >= 0.3 is 5.97 Å². The summed E-state index contributed by atoms with van der Waals surface area (Å²) < 4.78 is 2.20. The molecule has 0 saturated heterocycles. The first kappa shape index (κ1) is 16.6. The van der Waals surface area contributed by atoms with Crippen LogP contribution < -0.4 is 0 Å². The quantitative estimate of drug-likeness (QED) is 0.763. The molecule has 24 heavy (non-hydrogen) atoms. The van der Waals surface area contributed by atoms with Crippen molar-refractivity contribution in [2.24, 2.45) is 0 Å². The van der Waals surface area contributed by atoms with Gasteiger partial charge in [0, 0.05) is 11.3 Å². The number of carboxylic acids is 1. The summed E-state index contributed by atoms with van der Waals surface area (Å²) in [5.74, 6) is 0.482. The van der Waals surface area contributed by atoms with Gasteiger partial charge in [-0.25, -0.2) is 9.97 Å². The Kier molecular flexibility index (Phi) is 4.41. The van der Waals surface area contributed by atoms with Crippen LogP contribution in [0.25, 0.3) is 11.0 Å². The van der Waals surface area contributed by atoms with E-state index in [1.807, 2.05) is 5.38 Å². The number of hydrogen-bond acceptors (Lipinski definition) is 4. The first-order valence-electron chi connectivity index (χ1n) is 7.97. The molecule has 0 spiro atoms. The first-order valence-corrected chi connectivity index (χ1v) is 8.85. The van der Waals surface area contributed by atoms with Gasteiger partial charge in [-0.1, -0.05) is 13.8 Å². The lowest BCUT2D eigenvalue weighted by Gasteiger charge is -2.10. The number of rotatable bonds is 5. The molecule has 0 aliphatic rings. The molecule has 0 saturated carbocycles. The highest BCUT2D eigenvalue weighted by molar-refractivity contribution is 7.09. The van der Waals surface area contributed by atoms with Gasteiger partial charge in [0.1, 0.15) is 10.8 Å². The average molecular weight is 343 g/mol. The third kappa shape index (κ3) is 3.19. The summed E-state index contributed by atoms with van der Waals surface area (Å²) in [6.45, 7) is 9.10. The highest BCUT2D eigenvalue weighted by atomic mass is 32.1. The summed E-state index contributed by atoms with van der Waals surface area (Å²) in [6.07, 6.45) is -0.0312. The molecular weight excluding hydrogens is 322 g/mol. The van der Waals surface area contributed by atoms with Gasteiger partial charge in [-0.15, -0.1) is 11.3 Å². The molecule has 6 heteroatoms. The van der Waals surface area contributed by atoms with Gasteiger partial charge in [-0.3, -0.25) is 4.79 Å². The number of imidazole rings is 1. The molecule has 126 valence electrons. The van der Waals surface area contributed by atoms with E-state index in [9.17, 15) is 4.79 Å².